The highest BCUT2D eigenvalue weighted by molar-refractivity contribution is 5.83. The molecule has 1 aromatic heterocycles. The smallest absolute Gasteiger partial charge is 0.376 e. The molecule has 0 aliphatic rings. The van der Waals surface area contributed by atoms with Gasteiger partial charge in [-0.15, -0.1) is 5.10 Å². The molecule has 2 aromatic rings. The third-order valence-electron chi connectivity index (χ3n) is 1.98. The van der Waals surface area contributed by atoms with Crippen LogP contribution in [0.5, 0.6) is 5.75 Å². The Bertz CT molecular complexity index is 506. The van der Waals surface area contributed by atoms with E-state index in [1.54, 1.807) is 31.4 Å². The molecule has 1 aromatic carbocycles. The van der Waals surface area contributed by atoms with Gasteiger partial charge in [0.1, 0.15) is 5.75 Å². The minimum absolute atomic E-state index is 0.231. The molecule has 0 aliphatic heterocycles. The number of ether oxygens (including phenoxy) is 1. The lowest BCUT2D eigenvalue weighted by Gasteiger charge is -2.03. The number of tetrazole rings is 1. The van der Waals surface area contributed by atoms with E-state index in [-0.39, 0.29) is 5.82 Å². The average Bonchev–Trinajstić information content (AvgIpc) is 2.78. The van der Waals surface area contributed by atoms with Crippen LogP contribution in [0.15, 0.2) is 24.3 Å². The summed E-state index contributed by atoms with van der Waals surface area (Å²) in [6.45, 7) is 0. The molecule has 0 amide bonds. The summed E-state index contributed by atoms with van der Waals surface area (Å²) in [6, 6.07) is 6.73. The van der Waals surface area contributed by atoms with Crippen LogP contribution in [-0.4, -0.2) is 38.4 Å². The van der Waals surface area contributed by atoms with Gasteiger partial charge in [0, 0.05) is 0 Å². The Balaban J connectivity index is 2.42. The van der Waals surface area contributed by atoms with Gasteiger partial charge < -0.3 is 9.84 Å². The Morgan fingerprint density at radius 3 is 2.62 bits per heavy atom. The second-order valence-corrected chi connectivity index (χ2v) is 2.92. The fourth-order valence-corrected chi connectivity index (χ4v) is 1.22. The fourth-order valence-electron chi connectivity index (χ4n) is 1.22. The first kappa shape index (κ1) is 10.1. The van der Waals surface area contributed by atoms with Gasteiger partial charge in [0.2, 0.25) is 0 Å². The van der Waals surface area contributed by atoms with Crippen molar-refractivity contribution in [2.24, 2.45) is 0 Å². The quantitative estimate of drug-likeness (QED) is 0.803. The first-order valence-corrected chi connectivity index (χ1v) is 4.38. The molecular formula is C9H8N4O3. The molecule has 2 rings (SSSR count). The molecule has 0 aliphatic carbocycles. The molecule has 0 atom stereocenters. The lowest BCUT2D eigenvalue weighted by Crippen LogP contribution is -2.09. The number of carbonyl (C=O) groups is 1. The van der Waals surface area contributed by atoms with E-state index in [0.717, 1.165) is 4.68 Å². The second-order valence-electron chi connectivity index (χ2n) is 2.92. The van der Waals surface area contributed by atoms with Gasteiger partial charge in [-0.25, -0.2) is 4.79 Å². The summed E-state index contributed by atoms with van der Waals surface area (Å²) in [4.78, 5) is 10.8. The number of carboxylic acids is 1. The SMILES string of the molecule is COc1ccc(-n2nnnc2C(=O)O)cc1. The van der Waals surface area contributed by atoms with E-state index in [9.17, 15) is 4.79 Å². The van der Waals surface area contributed by atoms with Crippen molar-refractivity contribution >= 4 is 5.97 Å². The van der Waals surface area contributed by atoms with Crippen LogP contribution in [0.4, 0.5) is 0 Å². The van der Waals surface area contributed by atoms with Crippen LogP contribution in [0, 0.1) is 0 Å². The predicted octanol–water partition coefficient (Wildman–Crippen LogP) is 0.369. The van der Waals surface area contributed by atoms with Crippen molar-refractivity contribution in [3.63, 3.8) is 0 Å². The first-order valence-electron chi connectivity index (χ1n) is 4.38. The molecule has 1 N–H and O–H groups in total. The molecule has 0 radical (unpaired) electrons. The van der Waals surface area contributed by atoms with E-state index in [4.69, 9.17) is 9.84 Å². The molecule has 1 heterocycles. The van der Waals surface area contributed by atoms with Crippen molar-refractivity contribution in [1.82, 2.24) is 20.2 Å². The Morgan fingerprint density at radius 2 is 2.06 bits per heavy atom. The normalized spacial score (nSPS) is 10.1. The molecule has 0 fully saturated rings. The number of hydrogen-bond donors (Lipinski definition) is 1. The summed E-state index contributed by atoms with van der Waals surface area (Å²) in [7, 11) is 1.55. The third-order valence-corrected chi connectivity index (χ3v) is 1.98. The van der Waals surface area contributed by atoms with Crippen LogP contribution in [0.1, 0.15) is 10.6 Å². The second kappa shape index (κ2) is 3.97. The van der Waals surface area contributed by atoms with E-state index < -0.39 is 5.97 Å². The zero-order chi connectivity index (χ0) is 11.5. The van der Waals surface area contributed by atoms with Crippen molar-refractivity contribution in [2.75, 3.05) is 7.11 Å². The van der Waals surface area contributed by atoms with Gasteiger partial charge >= 0.3 is 5.97 Å². The first-order chi connectivity index (χ1) is 7.72. The zero-order valence-electron chi connectivity index (χ0n) is 8.36. The maximum absolute atomic E-state index is 10.8. The van der Waals surface area contributed by atoms with Crippen LogP contribution in [-0.2, 0) is 0 Å². The van der Waals surface area contributed by atoms with Crippen molar-refractivity contribution < 1.29 is 14.6 Å². The molecule has 0 saturated heterocycles. The molecule has 0 saturated carbocycles. The minimum Gasteiger partial charge on any atom is -0.497 e. The molecular weight excluding hydrogens is 212 g/mol. The van der Waals surface area contributed by atoms with E-state index >= 15 is 0 Å². The molecule has 0 unspecified atom stereocenters. The third kappa shape index (κ3) is 1.70. The van der Waals surface area contributed by atoms with Crippen LogP contribution < -0.4 is 4.74 Å². The summed E-state index contributed by atoms with van der Waals surface area (Å²) in [6.07, 6.45) is 0. The molecule has 16 heavy (non-hydrogen) atoms. The molecule has 0 bridgehead atoms. The Morgan fingerprint density at radius 1 is 1.38 bits per heavy atom. The Hall–Kier alpha value is -2.44. The van der Waals surface area contributed by atoms with E-state index in [1.165, 1.54) is 0 Å². The van der Waals surface area contributed by atoms with Crippen LogP contribution >= 0.6 is 0 Å². The fraction of sp³-hybridized carbons (Fsp3) is 0.111. The van der Waals surface area contributed by atoms with E-state index in [2.05, 4.69) is 15.5 Å². The highest BCUT2D eigenvalue weighted by Gasteiger charge is 2.14. The number of methoxy groups -OCH3 is 1. The lowest BCUT2D eigenvalue weighted by molar-refractivity contribution is 0.0680. The van der Waals surface area contributed by atoms with Gasteiger partial charge in [0.25, 0.3) is 5.82 Å². The number of hydrogen-bond acceptors (Lipinski definition) is 5. The van der Waals surface area contributed by atoms with Gasteiger partial charge in [-0.3, -0.25) is 0 Å². The molecule has 0 spiro atoms. The molecule has 7 nitrogen and oxygen atoms in total. The standard InChI is InChI=1S/C9H8N4O3/c1-16-7-4-2-6(3-5-7)13-8(9(14)15)10-11-12-13/h2-5H,1H3,(H,14,15). The van der Waals surface area contributed by atoms with Gasteiger partial charge in [-0.1, -0.05) is 0 Å². The van der Waals surface area contributed by atoms with Crippen LogP contribution in [0.3, 0.4) is 0 Å². The number of carboxylic acid groups (broad SMARTS) is 1. The highest BCUT2D eigenvalue weighted by Crippen LogP contribution is 2.14. The molecule has 7 heteroatoms. The van der Waals surface area contributed by atoms with Crippen molar-refractivity contribution in [1.29, 1.82) is 0 Å². The Kier molecular flexibility index (Phi) is 2.50. The van der Waals surface area contributed by atoms with Gasteiger partial charge in [-0.2, -0.15) is 4.68 Å². The number of benzene rings is 1. The van der Waals surface area contributed by atoms with Gasteiger partial charge in [0.15, 0.2) is 0 Å². The van der Waals surface area contributed by atoms with Gasteiger partial charge in [-0.05, 0) is 34.7 Å². The van der Waals surface area contributed by atoms with E-state index in [0.29, 0.717) is 11.4 Å². The largest absolute Gasteiger partial charge is 0.497 e. The maximum atomic E-state index is 10.8. The number of aromatic carboxylic acids is 1. The summed E-state index contributed by atoms with van der Waals surface area (Å²) < 4.78 is 6.13. The lowest BCUT2D eigenvalue weighted by atomic mass is 10.3. The van der Waals surface area contributed by atoms with Crippen molar-refractivity contribution in [2.45, 2.75) is 0 Å². The minimum atomic E-state index is -1.18. The summed E-state index contributed by atoms with van der Waals surface area (Å²) >= 11 is 0. The number of rotatable bonds is 3. The summed E-state index contributed by atoms with van der Waals surface area (Å²) in [5, 5.41) is 19.1. The monoisotopic (exact) mass is 220 g/mol. The highest BCUT2D eigenvalue weighted by atomic mass is 16.5. The predicted molar refractivity (Wildman–Crippen MR) is 52.7 cm³/mol. The van der Waals surface area contributed by atoms with Crippen molar-refractivity contribution in [3.8, 4) is 11.4 Å². The van der Waals surface area contributed by atoms with Crippen LogP contribution in [0.25, 0.3) is 5.69 Å². The zero-order valence-corrected chi connectivity index (χ0v) is 8.36. The summed E-state index contributed by atoms with van der Waals surface area (Å²) in [5.41, 5.74) is 0.559. The Labute approximate surface area is 90.3 Å². The van der Waals surface area contributed by atoms with Gasteiger partial charge in [0.05, 0.1) is 12.8 Å². The van der Waals surface area contributed by atoms with E-state index in [1.807, 2.05) is 0 Å². The summed E-state index contributed by atoms with van der Waals surface area (Å²) in [5.74, 6) is -0.736. The topological polar surface area (TPSA) is 90.1 Å². The maximum Gasteiger partial charge on any atom is 0.376 e. The number of nitrogens with zero attached hydrogens (tertiary/aromatic N) is 4. The van der Waals surface area contributed by atoms with Crippen LogP contribution in [0.2, 0.25) is 0 Å². The average molecular weight is 220 g/mol. The molecule has 82 valence electrons. The number of aromatic nitrogens is 4. The van der Waals surface area contributed by atoms with Crippen molar-refractivity contribution in [3.05, 3.63) is 30.1 Å².